The first-order valence-corrected chi connectivity index (χ1v) is 8.98. The number of nitrogens with zero attached hydrogens (tertiary/aromatic N) is 3. The minimum Gasteiger partial charge on any atom is -0.378 e. The number of nitrogens with two attached hydrogens (primary N) is 1. The van der Waals surface area contributed by atoms with Gasteiger partial charge in [-0.1, -0.05) is 0 Å². The molecule has 0 aliphatic carbocycles. The van der Waals surface area contributed by atoms with E-state index in [-0.39, 0.29) is 12.1 Å². The smallest absolute Gasteiger partial charge is 0.252 e. The van der Waals surface area contributed by atoms with Gasteiger partial charge in [0.05, 0.1) is 35.5 Å². The zero-order valence-corrected chi connectivity index (χ0v) is 15.0. The van der Waals surface area contributed by atoms with Crippen molar-refractivity contribution in [3.63, 3.8) is 0 Å². The molecular formula is C20H19FN6O. The predicted octanol–water partition coefficient (Wildman–Crippen LogP) is 2.56. The standard InChI is InChI=1S/C20H19FN6O/c21-16-11-27(13-3-1-12(9-22)2-4-13)8-6-17(16)26-18-14-5-7-24-20(14)25-10-15(18)19(23)28/h1-5,7,10,16-17H,6,8,11H2,(H2,23,28)(H2,24,25,26)/t16-,17-/m0/s1. The summed E-state index contributed by atoms with van der Waals surface area (Å²) < 4.78 is 15.0. The molecule has 4 rings (SSSR count). The minimum absolute atomic E-state index is 0.219. The molecule has 1 aliphatic heterocycles. The van der Waals surface area contributed by atoms with Gasteiger partial charge in [-0.3, -0.25) is 4.79 Å². The first kappa shape index (κ1) is 17.8. The van der Waals surface area contributed by atoms with E-state index < -0.39 is 18.1 Å². The summed E-state index contributed by atoms with van der Waals surface area (Å²) in [5.74, 6) is -0.608. The summed E-state index contributed by atoms with van der Waals surface area (Å²) in [7, 11) is 0. The van der Waals surface area contributed by atoms with E-state index >= 15 is 0 Å². The van der Waals surface area contributed by atoms with Crippen LogP contribution in [-0.2, 0) is 0 Å². The normalized spacial score (nSPS) is 19.4. The highest BCUT2D eigenvalue weighted by molar-refractivity contribution is 6.06. The lowest BCUT2D eigenvalue weighted by atomic mass is 10.0. The van der Waals surface area contributed by atoms with Gasteiger partial charge in [0.25, 0.3) is 5.91 Å². The summed E-state index contributed by atoms with van der Waals surface area (Å²) in [5.41, 5.74) is 8.31. The van der Waals surface area contributed by atoms with Crippen molar-refractivity contribution < 1.29 is 9.18 Å². The van der Waals surface area contributed by atoms with Gasteiger partial charge in [0, 0.05) is 30.0 Å². The molecule has 1 fully saturated rings. The number of nitrogens with one attached hydrogen (secondary N) is 2. The quantitative estimate of drug-likeness (QED) is 0.646. The fourth-order valence-electron chi connectivity index (χ4n) is 3.58. The number of aromatic nitrogens is 2. The lowest BCUT2D eigenvalue weighted by Crippen LogP contribution is -2.48. The molecule has 0 unspecified atom stereocenters. The summed E-state index contributed by atoms with van der Waals surface area (Å²) in [5, 5.41) is 12.8. The van der Waals surface area contributed by atoms with Crippen LogP contribution in [-0.4, -0.2) is 41.2 Å². The molecule has 28 heavy (non-hydrogen) atoms. The number of halogens is 1. The van der Waals surface area contributed by atoms with E-state index in [0.717, 1.165) is 5.69 Å². The zero-order valence-electron chi connectivity index (χ0n) is 15.0. The largest absolute Gasteiger partial charge is 0.378 e. The Balaban J connectivity index is 1.54. The number of carbonyl (C=O) groups is 1. The van der Waals surface area contributed by atoms with Crippen LogP contribution in [0.15, 0.2) is 42.7 Å². The number of primary amides is 1. The number of alkyl halides is 1. The molecule has 0 radical (unpaired) electrons. The number of piperidine rings is 1. The van der Waals surface area contributed by atoms with Crippen LogP contribution in [0.4, 0.5) is 15.8 Å². The van der Waals surface area contributed by atoms with Gasteiger partial charge in [-0.25, -0.2) is 9.37 Å². The number of pyridine rings is 1. The number of benzene rings is 1. The number of nitriles is 1. The van der Waals surface area contributed by atoms with E-state index in [0.29, 0.717) is 35.2 Å². The van der Waals surface area contributed by atoms with Crippen LogP contribution in [0.3, 0.4) is 0 Å². The summed E-state index contributed by atoms with van der Waals surface area (Å²) in [6, 6.07) is 10.5. The highest BCUT2D eigenvalue weighted by Gasteiger charge is 2.30. The Hall–Kier alpha value is -3.60. The van der Waals surface area contributed by atoms with Gasteiger partial charge < -0.3 is 20.9 Å². The first-order valence-electron chi connectivity index (χ1n) is 8.98. The van der Waals surface area contributed by atoms with Crippen molar-refractivity contribution >= 4 is 28.3 Å². The van der Waals surface area contributed by atoms with Crippen molar-refractivity contribution in [1.82, 2.24) is 9.97 Å². The number of carbonyl (C=O) groups excluding carboxylic acids is 1. The molecule has 0 spiro atoms. The number of anilines is 2. The van der Waals surface area contributed by atoms with Gasteiger partial charge >= 0.3 is 0 Å². The molecule has 3 heterocycles. The maximum Gasteiger partial charge on any atom is 0.252 e. The van der Waals surface area contributed by atoms with Crippen molar-refractivity contribution in [2.75, 3.05) is 23.3 Å². The molecule has 0 bridgehead atoms. The van der Waals surface area contributed by atoms with E-state index in [1.807, 2.05) is 17.0 Å². The summed E-state index contributed by atoms with van der Waals surface area (Å²) in [4.78, 5) is 20.9. The molecule has 1 saturated heterocycles. The Labute approximate surface area is 161 Å². The van der Waals surface area contributed by atoms with Gasteiger partial charge in [-0.2, -0.15) is 5.26 Å². The molecule has 142 valence electrons. The van der Waals surface area contributed by atoms with Crippen LogP contribution in [0.25, 0.3) is 11.0 Å². The van der Waals surface area contributed by atoms with Gasteiger partial charge in [0.1, 0.15) is 11.8 Å². The topological polar surface area (TPSA) is 111 Å². The van der Waals surface area contributed by atoms with E-state index in [4.69, 9.17) is 11.0 Å². The third kappa shape index (κ3) is 3.22. The fourth-order valence-corrected chi connectivity index (χ4v) is 3.58. The number of fused-ring (bicyclic) bond motifs is 1. The van der Waals surface area contributed by atoms with Crippen molar-refractivity contribution in [3.05, 3.63) is 53.9 Å². The lowest BCUT2D eigenvalue weighted by Gasteiger charge is -2.37. The van der Waals surface area contributed by atoms with Gasteiger partial charge in [0.2, 0.25) is 0 Å². The number of rotatable bonds is 4. The van der Waals surface area contributed by atoms with Crippen molar-refractivity contribution in [1.29, 1.82) is 5.26 Å². The minimum atomic E-state index is -1.15. The molecule has 1 amide bonds. The highest BCUT2D eigenvalue weighted by atomic mass is 19.1. The second-order valence-electron chi connectivity index (χ2n) is 6.81. The van der Waals surface area contributed by atoms with Crippen molar-refractivity contribution in [2.45, 2.75) is 18.6 Å². The average molecular weight is 378 g/mol. The van der Waals surface area contributed by atoms with Crippen molar-refractivity contribution in [2.24, 2.45) is 5.73 Å². The van der Waals surface area contributed by atoms with E-state index in [9.17, 15) is 9.18 Å². The van der Waals surface area contributed by atoms with Crippen LogP contribution in [0.1, 0.15) is 22.3 Å². The number of aromatic amines is 1. The fraction of sp³-hybridized carbons (Fsp3) is 0.250. The third-order valence-corrected chi connectivity index (χ3v) is 5.08. The second-order valence-corrected chi connectivity index (χ2v) is 6.81. The van der Waals surface area contributed by atoms with Crippen molar-refractivity contribution in [3.8, 4) is 6.07 Å². The SMILES string of the molecule is N#Cc1ccc(N2CC[C@H](Nc3c(C(N)=O)cnc4[nH]ccc34)[C@@H](F)C2)cc1. The van der Waals surface area contributed by atoms with Gasteiger partial charge in [0.15, 0.2) is 0 Å². The molecule has 1 aliphatic rings. The third-order valence-electron chi connectivity index (χ3n) is 5.08. The van der Waals surface area contributed by atoms with E-state index in [1.165, 1.54) is 6.20 Å². The molecule has 0 saturated carbocycles. The Morgan fingerprint density at radius 2 is 2.14 bits per heavy atom. The molecule has 8 heteroatoms. The molecule has 1 aromatic carbocycles. The zero-order chi connectivity index (χ0) is 19.7. The summed E-state index contributed by atoms with van der Waals surface area (Å²) in [6.45, 7) is 0.869. The maximum absolute atomic E-state index is 15.0. The molecule has 2 atom stereocenters. The lowest BCUT2D eigenvalue weighted by molar-refractivity contribution is 0.100. The van der Waals surface area contributed by atoms with Crippen LogP contribution in [0.5, 0.6) is 0 Å². The predicted molar refractivity (Wildman–Crippen MR) is 105 cm³/mol. The molecule has 4 N–H and O–H groups in total. The molecule has 2 aromatic heterocycles. The second kappa shape index (κ2) is 7.19. The summed E-state index contributed by atoms with van der Waals surface area (Å²) >= 11 is 0. The Kier molecular flexibility index (Phi) is 4.57. The van der Waals surface area contributed by atoms with Crippen LogP contribution >= 0.6 is 0 Å². The molecule has 7 nitrogen and oxygen atoms in total. The number of hydrogen-bond donors (Lipinski definition) is 3. The molecular weight excluding hydrogens is 359 g/mol. The summed E-state index contributed by atoms with van der Waals surface area (Å²) in [6.07, 6.45) is 2.52. The Morgan fingerprint density at radius 3 is 2.82 bits per heavy atom. The van der Waals surface area contributed by atoms with E-state index in [2.05, 4.69) is 21.4 Å². The van der Waals surface area contributed by atoms with E-state index in [1.54, 1.807) is 24.4 Å². The van der Waals surface area contributed by atoms with Gasteiger partial charge in [-0.05, 0) is 36.8 Å². The Morgan fingerprint density at radius 1 is 1.36 bits per heavy atom. The first-order chi connectivity index (χ1) is 13.6. The average Bonchev–Trinajstić information content (AvgIpc) is 3.18. The Bertz CT molecular complexity index is 1050. The number of hydrogen-bond acceptors (Lipinski definition) is 5. The monoisotopic (exact) mass is 378 g/mol. The van der Waals surface area contributed by atoms with Crippen LogP contribution in [0.2, 0.25) is 0 Å². The number of H-pyrrole nitrogens is 1. The number of amides is 1. The van der Waals surface area contributed by atoms with Crippen LogP contribution < -0.4 is 16.0 Å². The molecule has 3 aromatic rings. The van der Waals surface area contributed by atoms with Gasteiger partial charge in [-0.15, -0.1) is 0 Å². The maximum atomic E-state index is 15.0. The highest BCUT2D eigenvalue weighted by Crippen LogP contribution is 2.29. The van der Waals surface area contributed by atoms with Crippen LogP contribution in [0, 0.1) is 11.3 Å².